The summed E-state index contributed by atoms with van der Waals surface area (Å²) in [5.41, 5.74) is 7.67. The summed E-state index contributed by atoms with van der Waals surface area (Å²) in [5, 5.41) is 3.62. The average Bonchev–Trinajstić information content (AvgIpc) is 2.40. The Labute approximate surface area is 125 Å². The van der Waals surface area contributed by atoms with Gasteiger partial charge in [-0.3, -0.25) is 4.98 Å². The number of hydrogen-bond donors (Lipinski definition) is 2. The van der Waals surface area contributed by atoms with E-state index < -0.39 is 0 Å². The summed E-state index contributed by atoms with van der Waals surface area (Å²) in [6.07, 6.45) is 9.97. The van der Waals surface area contributed by atoms with E-state index in [9.17, 15) is 0 Å². The van der Waals surface area contributed by atoms with E-state index >= 15 is 0 Å². The van der Waals surface area contributed by atoms with Crippen molar-refractivity contribution in [3.8, 4) is 0 Å². The van der Waals surface area contributed by atoms with Gasteiger partial charge in [0.1, 0.15) is 4.99 Å². The topological polar surface area (TPSA) is 54.2 Å². The number of fused-ring (bicyclic) bond motifs is 2. The van der Waals surface area contributed by atoms with Gasteiger partial charge in [0, 0.05) is 29.9 Å². The minimum absolute atomic E-state index is 0.433. The third-order valence-electron chi connectivity index (χ3n) is 4.79. The van der Waals surface area contributed by atoms with E-state index in [0.29, 0.717) is 23.1 Å². The molecule has 5 heteroatoms. The van der Waals surface area contributed by atoms with Gasteiger partial charge in [-0.05, 0) is 38.8 Å². The number of nitrogens with two attached hydrogens (primary N) is 1. The summed E-state index contributed by atoms with van der Waals surface area (Å²) >= 11 is 5.12. The molecule has 3 N–H and O–H groups in total. The Balaban J connectivity index is 1.74. The monoisotopic (exact) mass is 290 g/mol. The van der Waals surface area contributed by atoms with Crippen molar-refractivity contribution in [3.63, 3.8) is 0 Å². The summed E-state index contributed by atoms with van der Waals surface area (Å²) in [6, 6.07) is 3.81. The quantitative estimate of drug-likeness (QED) is 0.835. The van der Waals surface area contributed by atoms with E-state index in [-0.39, 0.29) is 0 Å². The van der Waals surface area contributed by atoms with E-state index in [1.54, 1.807) is 6.20 Å². The van der Waals surface area contributed by atoms with Crippen molar-refractivity contribution in [1.29, 1.82) is 0 Å². The second-order valence-corrected chi connectivity index (χ2v) is 6.44. The van der Waals surface area contributed by atoms with Gasteiger partial charge in [0.25, 0.3) is 0 Å². The second kappa shape index (κ2) is 5.66. The van der Waals surface area contributed by atoms with Crippen LogP contribution in [0.3, 0.4) is 0 Å². The van der Waals surface area contributed by atoms with Crippen molar-refractivity contribution in [1.82, 2.24) is 9.88 Å². The van der Waals surface area contributed by atoms with Gasteiger partial charge in [0.15, 0.2) is 0 Å². The highest BCUT2D eigenvalue weighted by molar-refractivity contribution is 7.80. The summed E-state index contributed by atoms with van der Waals surface area (Å²) in [4.78, 5) is 7.19. The Hall–Kier alpha value is -1.20. The van der Waals surface area contributed by atoms with Crippen molar-refractivity contribution < 1.29 is 0 Å². The van der Waals surface area contributed by atoms with Gasteiger partial charge < -0.3 is 16.0 Å². The highest BCUT2D eigenvalue weighted by Gasteiger charge is 2.36. The molecule has 0 radical (unpaired) electrons. The van der Waals surface area contributed by atoms with Crippen molar-refractivity contribution in [2.75, 3.05) is 12.4 Å². The largest absolute Gasteiger partial charge is 0.389 e. The molecule has 2 fully saturated rings. The third kappa shape index (κ3) is 2.65. The molecular weight excluding hydrogens is 268 g/mol. The van der Waals surface area contributed by atoms with Crippen LogP contribution in [0.5, 0.6) is 0 Å². The number of anilines is 1. The molecule has 0 amide bonds. The van der Waals surface area contributed by atoms with Gasteiger partial charge in [0.2, 0.25) is 0 Å². The molecule has 1 aromatic rings. The van der Waals surface area contributed by atoms with Gasteiger partial charge in [-0.2, -0.15) is 0 Å². The fraction of sp³-hybridized carbons (Fsp3) is 0.600. The lowest BCUT2D eigenvalue weighted by Crippen LogP contribution is -2.52. The zero-order chi connectivity index (χ0) is 14.1. The third-order valence-corrected chi connectivity index (χ3v) is 5.01. The molecule has 1 aromatic heterocycles. The Morgan fingerprint density at radius 2 is 2.10 bits per heavy atom. The van der Waals surface area contributed by atoms with Crippen molar-refractivity contribution in [2.45, 2.75) is 50.2 Å². The summed E-state index contributed by atoms with van der Waals surface area (Å²) in [7, 11) is 2.27. The van der Waals surface area contributed by atoms with E-state index in [1.165, 1.54) is 32.1 Å². The fourth-order valence-electron chi connectivity index (χ4n) is 3.68. The maximum absolute atomic E-state index is 5.79. The van der Waals surface area contributed by atoms with Gasteiger partial charge in [0.05, 0.1) is 11.9 Å². The van der Waals surface area contributed by atoms with Crippen LogP contribution in [0.15, 0.2) is 18.5 Å². The summed E-state index contributed by atoms with van der Waals surface area (Å²) in [5.74, 6) is 0. The van der Waals surface area contributed by atoms with Crippen molar-refractivity contribution >= 4 is 22.9 Å². The number of nitrogens with zero attached hydrogens (tertiary/aromatic N) is 2. The number of hydrogen-bond acceptors (Lipinski definition) is 4. The minimum atomic E-state index is 0.433. The van der Waals surface area contributed by atoms with Gasteiger partial charge >= 0.3 is 0 Å². The molecule has 0 saturated carbocycles. The zero-order valence-electron chi connectivity index (χ0n) is 11.9. The van der Waals surface area contributed by atoms with Crippen LogP contribution in [-0.4, -0.2) is 40.0 Å². The molecular formula is C15H22N4S. The maximum atomic E-state index is 5.79. The van der Waals surface area contributed by atoms with Crippen LogP contribution in [-0.2, 0) is 0 Å². The van der Waals surface area contributed by atoms with Crippen LogP contribution >= 0.6 is 12.2 Å². The van der Waals surface area contributed by atoms with E-state index in [0.717, 1.165) is 11.3 Å². The van der Waals surface area contributed by atoms with Crippen LogP contribution in [0.25, 0.3) is 0 Å². The highest BCUT2D eigenvalue weighted by Crippen LogP contribution is 2.34. The SMILES string of the molecule is CN1C2CCCC1CC(Nc1cnccc1C(N)=S)C2. The average molecular weight is 290 g/mol. The van der Waals surface area contributed by atoms with E-state index in [4.69, 9.17) is 18.0 Å². The first-order valence-corrected chi connectivity index (χ1v) is 7.78. The van der Waals surface area contributed by atoms with E-state index in [2.05, 4.69) is 22.2 Å². The van der Waals surface area contributed by atoms with Crippen LogP contribution in [0.1, 0.15) is 37.7 Å². The van der Waals surface area contributed by atoms with Crippen LogP contribution in [0.4, 0.5) is 5.69 Å². The van der Waals surface area contributed by atoms with Crippen LogP contribution in [0, 0.1) is 0 Å². The molecule has 0 aliphatic carbocycles. The number of pyridine rings is 1. The summed E-state index contributed by atoms with van der Waals surface area (Å²) in [6.45, 7) is 0. The lowest BCUT2D eigenvalue weighted by Gasteiger charge is -2.47. The molecule has 0 spiro atoms. The molecule has 20 heavy (non-hydrogen) atoms. The Kier molecular flexibility index (Phi) is 3.89. The minimum Gasteiger partial charge on any atom is -0.389 e. The molecule has 2 atom stereocenters. The molecule has 108 valence electrons. The van der Waals surface area contributed by atoms with Crippen molar-refractivity contribution in [3.05, 3.63) is 24.0 Å². The maximum Gasteiger partial charge on any atom is 0.106 e. The number of nitrogens with one attached hydrogen (secondary N) is 1. The molecule has 4 nitrogen and oxygen atoms in total. The van der Waals surface area contributed by atoms with Crippen LogP contribution in [0.2, 0.25) is 0 Å². The smallest absolute Gasteiger partial charge is 0.106 e. The van der Waals surface area contributed by atoms with Crippen molar-refractivity contribution in [2.24, 2.45) is 5.73 Å². The van der Waals surface area contributed by atoms with Gasteiger partial charge in [-0.1, -0.05) is 18.6 Å². The lowest BCUT2D eigenvalue weighted by molar-refractivity contribution is 0.0608. The first-order chi connectivity index (χ1) is 9.65. The lowest BCUT2D eigenvalue weighted by atomic mass is 9.82. The Morgan fingerprint density at radius 1 is 1.40 bits per heavy atom. The molecule has 2 aliphatic rings. The second-order valence-electron chi connectivity index (χ2n) is 6.00. The number of thiocarbonyl (C=S) groups is 1. The predicted molar refractivity (Wildman–Crippen MR) is 86.0 cm³/mol. The normalized spacial score (nSPS) is 29.9. The number of rotatable bonds is 3. The molecule has 3 rings (SSSR count). The molecule has 0 aromatic carbocycles. The Bertz CT molecular complexity index is 490. The zero-order valence-corrected chi connectivity index (χ0v) is 12.7. The molecule has 3 heterocycles. The first-order valence-electron chi connectivity index (χ1n) is 7.37. The standard InChI is InChI=1S/C15H22N4S/c1-19-11-3-2-4-12(19)8-10(7-11)18-14-9-17-6-5-13(14)15(16)20/h5-6,9-12,18H,2-4,7-8H2,1H3,(H2,16,20). The molecule has 2 saturated heterocycles. The highest BCUT2D eigenvalue weighted by atomic mass is 32.1. The summed E-state index contributed by atoms with van der Waals surface area (Å²) < 4.78 is 0. The van der Waals surface area contributed by atoms with Gasteiger partial charge in [-0.15, -0.1) is 0 Å². The van der Waals surface area contributed by atoms with E-state index in [1.807, 2.05) is 12.3 Å². The fourth-order valence-corrected chi connectivity index (χ4v) is 3.86. The molecule has 2 bridgehead atoms. The number of piperidine rings is 2. The first kappa shape index (κ1) is 13.8. The predicted octanol–water partition coefficient (Wildman–Crippen LogP) is 2.14. The van der Waals surface area contributed by atoms with Gasteiger partial charge in [-0.25, -0.2) is 0 Å². The molecule has 2 aliphatic heterocycles. The Morgan fingerprint density at radius 3 is 2.75 bits per heavy atom. The number of aromatic nitrogens is 1. The molecule has 2 unspecified atom stereocenters. The van der Waals surface area contributed by atoms with Crippen LogP contribution < -0.4 is 11.1 Å².